The maximum absolute atomic E-state index is 12.6. The van der Waals surface area contributed by atoms with E-state index in [-0.39, 0.29) is 23.3 Å². The third-order valence-corrected chi connectivity index (χ3v) is 6.69. The molecule has 0 radical (unpaired) electrons. The van der Waals surface area contributed by atoms with Gasteiger partial charge in [-0.2, -0.15) is 0 Å². The van der Waals surface area contributed by atoms with Crippen LogP contribution >= 0.6 is 0 Å². The minimum atomic E-state index is -0.684. The summed E-state index contributed by atoms with van der Waals surface area (Å²) in [6, 6.07) is 0. The fourth-order valence-electron chi connectivity index (χ4n) is 5.96. The highest BCUT2D eigenvalue weighted by Gasteiger charge is 2.51. The summed E-state index contributed by atoms with van der Waals surface area (Å²) in [4.78, 5) is 24.9. The van der Waals surface area contributed by atoms with Gasteiger partial charge in [-0.1, -0.05) is 12.2 Å². The maximum atomic E-state index is 12.6. The monoisotopic (exact) mass is 331 g/mol. The lowest BCUT2D eigenvalue weighted by atomic mass is 9.53. The molecule has 4 heteroatoms. The van der Waals surface area contributed by atoms with Gasteiger partial charge in [0.1, 0.15) is 0 Å². The summed E-state index contributed by atoms with van der Waals surface area (Å²) in [7, 11) is 0. The molecule has 4 fully saturated rings. The van der Waals surface area contributed by atoms with E-state index in [2.05, 4.69) is 11.4 Å². The highest BCUT2D eigenvalue weighted by molar-refractivity contribution is 5.84. The van der Waals surface area contributed by atoms with Crippen molar-refractivity contribution in [3.05, 3.63) is 12.2 Å². The van der Waals surface area contributed by atoms with E-state index in [0.29, 0.717) is 0 Å². The minimum absolute atomic E-state index is 0.0138. The van der Waals surface area contributed by atoms with Crippen molar-refractivity contribution >= 4 is 11.9 Å². The number of amides is 1. The van der Waals surface area contributed by atoms with Gasteiger partial charge >= 0.3 is 5.97 Å². The van der Waals surface area contributed by atoms with Crippen LogP contribution in [-0.2, 0) is 14.3 Å². The number of allylic oxidation sites excluding steroid dienone is 2. The number of rotatable bonds is 4. The van der Waals surface area contributed by atoms with Crippen molar-refractivity contribution in [3.8, 4) is 0 Å². The van der Waals surface area contributed by atoms with E-state index in [4.69, 9.17) is 4.74 Å². The topological polar surface area (TPSA) is 55.4 Å². The molecule has 4 bridgehead atoms. The second kappa shape index (κ2) is 6.20. The van der Waals surface area contributed by atoms with Gasteiger partial charge in [-0.15, -0.1) is 0 Å². The van der Waals surface area contributed by atoms with E-state index in [9.17, 15) is 9.59 Å². The summed E-state index contributed by atoms with van der Waals surface area (Å²) < 4.78 is 5.48. The second-order valence-corrected chi connectivity index (χ2v) is 8.75. The van der Waals surface area contributed by atoms with Gasteiger partial charge in [-0.3, -0.25) is 9.59 Å². The first kappa shape index (κ1) is 16.2. The molecule has 5 aliphatic carbocycles. The molecule has 0 aromatic rings. The van der Waals surface area contributed by atoms with Gasteiger partial charge in [0.25, 0.3) is 5.91 Å². The van der Waals surface area contributed by atoms with Gasteiger partial charge in [0.2, 0.25) is 0 Å². The quantitative estimate of drug-likeness (QED) is 0.635. The fraction of sp³-hybridized carbons (Fsp3) is 0.800. The number of carbonyl (C=O) groups is 2. The molecule has 24 heavy (non-hydrogen) atoms. The van der Waals surface area contributed by atoms with Gasteiger partial charge in [0.15, 0.2) is 6.10 Å². The van der Waals surface area contributed by atoms with E-state index in [0.717, 1.165) is 56.3 Å². The summed E-state index contributed by atoms with van der Waals surface area (Å²) >= 11 is 0. The normalized spacial score (nSPS) is 41.0. The van der Waals surface area contributed by atoms with E-state index in [1.807, 2.05) is 6.08 Å². The van der Waals surface area contributed by atoms with E-state index in [1.54, 1.807) is 6.92 Å². The van der Waals surface area contributed by atoms with Crippen molar-refractivity contribution in [1.82, 2.24) is 5.32 Å². The molecule has 5 aliphatic rings. The molecule has 4 saturated carbocycles. The molecule has 5 rings (SSSR count). The Morgan fingerprint density at radius 3 is 2.25 bits per heavy atom. The van der Waals surface area contributed by atoms with Crippen LogP contribution in [0.25, 0.3) is 0 Å². The van der Waals surface area contributed by atoms with Gasteiger partial charge in [0, 0.05) is 5.54 Å². The van der Waals surface area contributed by atoms with Crippen molar-refractivity contribution < 1.29 is 14.3 Å². The Hall–Kier alpha value is -1.32. The number of nitrogens with one attached hydrogen (secondary N) is 1. The predicted molar refractivity (Wildman–Crippen MR) is 91.1 cm³/mol. The van der Waals surface area contributed by atoms with E-state index < -0.39 is 6.10 Å². The van der Waals surface area contributed by atoms with Gasteiger partial charge < -0.3 is 10.1 Å². The van der Waals surface area contributed by atoms with Crippen LogP contribution in [0.5, 0.6) is 0 Å². The molecule has 0 aliphatic heterocycles. The smallest absolute Gasteiger partial charge is 0.310 e. The van der Waals surface area contributed by atoms with Gasteiger partial charge in [0.05, 0.1) is 5.92 Å². The molecule has 0 heterocycles. The number of hydrogen-bond acceptors (Lipinski definition) is 3. The van der Waals surface area contributed by atoms with E-state index in [1.165, 1.54) is 19.3 Å². The van der Waals surface area contributed by atoms with Crippen molar-refractivity contribution in [2.24, 2.45) is 23.7 Å². The zero-order valence-electron chi connectivity index (χ0n) is 14.6. The average molecular weight is 331 g/mol. The number of esters is 1. The summed E-state index contributed by atoms with van der Waals surface area (Å²) in [5, 5.41) is 3.30. The van der Waals surface area contributed by atoms with Crippen molar-refractivity contribution in [1.29, 1.82) is 0 Å². The molecule has 132 valence electrons. The molecule has 0 spiro atoms. The SMILES string of the molecule is C[C@H](OC(=O)[C@H]1CC=CCC1)C(=O)NC12CC3CC(CC(C3)C1)C2. The first-order valence-electron chi connectivity index (χ1n) is 9.70. The highest BCUT2D eigenvalue weighted by Crippen LogP contribution is 2.55. The fourth-order valence-corrected chi connectivity index (χ4v) is 5.96. The van der Waals surface area contributed by atoms with E-state index >= 15 is 0 Å². The predicted octanol–water partition coefficient (Wildman–Crippen LogP) is 3.36. The standard InChI is InChI=1S/C20H29NO3/c1-13(24-19(23)17-5-3-2-4-6-17)18(22)21-20-10-14-7-15(11-20)9-16(8-14)12-20/h2-3,13-17H,4-12H2,1H3,(H,21,22)/t13-,14?,15?,16?,17-,20?/m0/s1. The third kappa shape index (κ3) is 3.12. The Kier molecular flexibility index (Phi) is 4.17. The van der Waals surface area contributed by atoms with Crippen molar-refractivity contribution in [3.63, 3.8) is 0 Å². The lowest BCUT2D eigenvalue weighted by Crippen LogP contribution is -2.61. The van der Waals surface area contributed by atoms with Gasteiger partial charge in [-0.05, 0) is 82.5 Å². The van der Waals surface area contributed by atoms with Crippen LogP contribution in [0.3, 0.4) is 0 Å². The molecular weight excluding hydrogens is 302 g/mol. The molecule has 0 aromatic heterocycles. The maximum Gasteiger partial charge on any atom is 0.310 e. The van der Waals surface area contributed by atoms with Crippen LogP contribution in [0.2, 0.25) is 0 Å². The summed E-state index contributed by atoms with van der Waals surface area (Å²) in [5.41, 5.74) is -0.0138. The molecule has 0 saturated heterocycles. The van der Waals surface area contributed by atoms with Crippen LogP contribution in [0.1, 0.15) is 64.7 Å². The Morgan fingerprint density at radius 1 is 1.08 bits per heavy atom. The zero-order valence-corrected chi connectivity index (χ0v) is 14.6. The summed E-state index contributed by atoms with van der Waals surface area (Å²) in [6.07, 6.45) is 13.4. The summed E-state index contributed by atoms with van der Waals surface area (Å²) in [6.45, 7) is 1.71. The Labute approximate surface area is 144 Å². The number of carbonyl (C=O) groups excluding carboxylic acids is 2. The first-order chi connectivity index (χ1) is 11.5. The van der Waals surface area contributed by atoms with Gasteiger partial charge in [-0.25, -0.2) is 0 Å². The lowest BCUT2D eigenvalue weighted by Gasteiger charge is -2.57. The van der Waals surface area contributed by atoms with Crippen LogP contribution in [0.15, 0.2) is 12.2 Å². The largest absolute Gasteiger partial charge is 0.452 e. The minimum Gasteiger partial charge on any atom is -0.452 e. The molecule has 0 aromatic carbocycles. The Bertz CT molecular complexity index is 518. The first-order valence-corrected chi connectivity index (χ1v) is 9.70. The van der Waals surface area contributed by atoms with Crippen molar-refractivity contribution in [2.75, 3.05) is 0 Å². The molecule has 1 amide bonds. The Morgan fingerprint density at radius 2 is 1.71 bits per heavy atom. The molecule has 1 N–H and O–H groups in total. The molecule has 4 nitrogen and oxygen atoms in total. The van der Waals surface area contributed by atoms with Crippen molar-refractivity contribution in [2.45, 2.75) is 76.4 Å². The van der Waals surface area contributed by atoms with Crippen LogP contribution in [-0.4, -0.2) is 23.5 Å². The molecular formula is C20H29NO3. The molecule has 0 unspecified atom stereocenters. The average Bonchev–Trinajstić information content (AvgIpc) is 2.53. The summed E-state index contributed by atoms with van der Waals surface area (Å²) in [5.74, 6) is 1.99. The Balaban J connectivity index is 1.34. The molecule has 2 atom stereocenters. The lowest BCUT2D eigenvalue weighted by molar-refractivity contribution is -0.160. The highest BCUT2D eigenvalue weighted by atomic mass is 16.5. The van der Waals surface area contributed by atoms with Crippen LogP contribution in [0.4, 0.5) is 0 Å². The van der Waals surface area contributed by atoms with Crippen LogP contribution < -0.4 is 5.32 Å². The third-order valence-electron chi connectivity index (χ3n) is 6.69. The second-order valence-electron chi connectivity index (χ2n) is 8.75. The van der Waals surface area contributed by atoms with Crippen LogP contribution in [0, 0.1) is 23.7 Å². The zero-order chi connectivity index (χ0) is 16.7. The number of hydrogen-bond donors (Lipinski definition) is 1. The number of ether oxygens (including phenoxy) is 1.